The van der Waals surface area contributed by atoms with E-state index in [9.17, 15) is 17.2 Å². The van der Waals surface area contributed by atoms with Crippen LogP contribution in [0.25, 0.3) is 21.6 Å². The van der Waals surface area contributed by atoms with Crippen LogP contribution in [0.3, 0.4) is 0 Å². The maximum absolute atomic E-state index is 14.1. The molecule has 0 saturated heterocycles. The van der Waals surface area contributed by atoms with Crippen molar-refractivity contribution in [3.63, 3.8) is 0 Å². The van der Waals surface area contributed by atoms with Crippen LogP contribution in [0.2, 0.25) is 0 Å². The molecule has 27 heavy (non-hydrogen) atoms. The normalized spacial score (nSPS) is 11.8. The third kappa shape index (κ3) is 3.27. The van der Waals surface area contributed by atoms with E-state index in [4.69, 9.17) is 5.14 Å². The minimum atomic E-state index is -3.77. The van der Waals surface area contributed by atoms with Crippen LogP contribution < -0.4 is 10.5 Å². The second-order valence-corrected chi connectivity index (χ2v) is 8.12. The Morgan fingerprint density at radius 3 is 2.37 bits per heavy atom. The number of fused-ring (bicyclic) bond motifs is 1. The van der Waals surface area contributed by atoms with E-state index in [0.717, 1.165) is 11.3 Å². The van der Waals surface area contributed by atoms with Gasteiger partial charge in [0.05, 0.1) is 16.2 Å². The van der Waals surface area contributed by atoms with Crippen molar-refractivity contribution in [1.29, 1.82) is 0 Å². The number of sulfonamides is 1. The second kappa shape index (κ2) is 6.37. The lowest BCUT2D eigenvalue weighted by Gasteiger charge is -2.04. The van der Waals surface area contributed by atoms with E-state index in [2.05, 4.69) is 20.5 Å². The van der Waals surface area contributed by atoms with Gasteiger partial charge in [-0.25, -0.2) is 22.3 Å². The summed E-state index contributed by atoms with van der Waals surface area (Å²) in [6, 6.07) is 9.39. The number of nitrogens with one attached hydrogen (secondary N) is 2. The van der Waals surface area contributed by atoms with Gasteiger partial charge in [0.2, 0.25) is 10.0 Å². The van der Waals surface area contributed by atoms with Crippen molar-refractivity contribution in [3.05, 3.63) is 54.1 Å². The molecular formula is C16H11F2N5O2S2. The predicted molar refractivity (Wildman–Crippen MR) is 98.2 cm³/mol. The monoisotopic (exact) mass is 407 g/mol. The lowest BCUT2D eigenvalue weighted by Crippen LogP contribution is -2.11. The Labute approximate surface area is 155 Å². The largest absolute Gasteiger partial charge is 0.331 e. The summed E-state index contributed by atoms with van der Waals surface area (Å²) in [5.41, 5.74) is 0.881. The van der Waals surface area contributed by atoms with Gasteiger partial charge in [-0.05, 0) is 36.4 Å². The number of aromatic amines is 1. The van der Waals surface area contributed by atoms with Crippen LogP contribution in [-0.2, 0) is 10.0 Å². The quantitative estimate of drug-likeness (QED) is 0.480. The maximum Gasteiger partial charge on any atom is 0.238 e. The van der Waals surface area contributed by atoms with Crippen molar-refractivity contribution in [2.75, 3.05) is 5.32 Å². The molecule has 0 aliphatic carbocycles. The zero-order valence-electron chi connectivity index (χ0n) is 13.4. The standard InChI is InChI=1S/C16H11F2N5O2S2/c17-10-2-1-3-11(18)12(10)13-14-15(23-22-13)21-16(26-14)20-8-4-6-9(7-5-8)27(19,24)25/h1-7H,(H2,19,24,25)(H2,20,21,22,23). The van der Waals surface area contributed by atoms with Gasteiger partial charge >= 0.3 is 0 Å². The zero-order chi connectivity index (χ0) is 19.2. The number of benzene rings is 2. The summed E-state index contributed by atoms with van der Waals surface area (Å²) in [4.78, 5) is 4.25. The number of thiazole rings is 1. The number of hydrogen-bond donors (Lipinski definition) is 3. The highest BCUT2D eigenvalue weighted by Gasteiger charge is 2.19. The summed E-state index contributed by atoms with van der Waals surface area (Å²) in [5.74, 6) is -1.41. The first-order valence-electron chi connectivity index (χ1n) is 7.52. The fourth-order valence-corrected chi connectivity index (χ4v) is 3.96. The molecule has 4 aromatic rings. The number of nitrogens with zero attached hydrogens (tertiary/aromatic N) is 2. The fourth-order valence-electron chi connectivity index (χ4n) is 2.52. The number of nitrogens with two attached hydrogens (primary N) is 1. The number of hydrogen-bond acceptors (Lipinski definition) is 6. The molecule has 7 nitrogen and oxygen atoms in total. The van der Waals surface area contributed by atoms with Crippen LogP contribution in [0.1, 0.15) is 0 Å². The van der Waals surface area contributed by atoms with Crippen molar-refractivity contribution in [3.8, 4) is 11.3 Å². The van der Waals surface area contributed by atoms with Gasteiger partial charge in [-0.1, -0.05) is 17.4 Å². The Balaban J connectivity index is 1.68. The summed E-state index contributed by atoms with van der Waals surface area (Å²) < 4.78 is 51.2. The molecule has 0 amide bonds. The Bertz CT molecular complexity index is 1230. The molecule has 0 atom stereocenters. The van der Waals surface area contributed by atoms with Crippen LogP contribution in [0.15, 0.2) is 47.4 Å². The molecule has 138 valence electrons. The van der Waals surface area contributed by atoms with Crippen molar-refractivity contribution < 1.29 is 17.2 Å². The average Bonchev–Trinajstić information content (AvgIpc) is 3.15. The summed E-state index contributed by atoms with van der Waals surface area (Å²) >= 11 is 1.16. The topological polar surface area (TPSA) is 114 Å². The number of anilines is 2. The summed E-state index contributed by atoms with van der Waals surface area (Å²) in [6.45, 7) is 0. The molecule has 2 aromatic carbocycles. The molecule has 11 heteroatoms. The third-order valence-electron chi connectivity index (χ3n) is 3.76. The van der Waals surface area contributed by atoms with E-state index in [0.29, 0.717) is 21.2 Å². The number of primary sulfonamides is 1. The average molecular weight is 407 g/mol. The SMILES string of the molecule is NS(=O)(=O)c1ccc(Nc2nc3n[nH]c(-c4c(F)cccc4F)c3s2)cc1. The first-order valence-corrected chi connectivity index (χ1v) is 9.88. The number of H-pyrrole nitrogens is 1. The molecular weight excluding hydrogens is 396 g/mol. The van der Waals surface area contributed by atoms with Crippen molar-refractivity contribution in [1.82, 2.24) is 15.2 Å². The lowest BCUT2D eigenvalue weighted by atomic mass is 10.1. The zero-order valence-corrected chi connectivity index (χ0v) is 15.0. The van der Waals surface area contributed by atoms with Crippen molar-refractivity contribution in [2.45, 2.75) is 4.90 Å². The van der Waals surface area contributed by atoms with Gasteiger partial charge < -0.3 is 5.32 Å². The van der Waals surface area contributed by atoms with Gasteiger partial charge in [-0.2, -0.15) is 10.1 Å². The molecule has 0 radical (unpaired) electrons. The van der Waals surface area contributed by atoms with Crippen LogP contribution in [0.5, 0.6) is 0 Å². The fraction of sp³-hybridized carbons (Fsp3) is 0. The molecule has 0 fully saturated rings. The molecule has 4 rings (SSSR count). The minimum absolute atomic E-state index is 0.0143. The van der Waals surface area contributed by atoms with Crippen LogP contribution in [-0.4, -0.2) is 23.6 Å². The Hall–Kier alpha value is -2.89. The van der Waals surface area contributed by atoms with E-state index >= 15 is 0 Å². The van der Waals surface area contributed by atoms with Crippen LogP contribution >= 0.6 is 11.3 Å². The lowest BCUT2D eigenvalue weighted by molar-refractivity contribution is 0.588. The van der Waals surface area contributed by atoms with E-state index in [1.807, 2.05) is 0 Å². The summed E-state index contributed by atoms with van der Waals surface area (Å²) in [7, 11) is -3.77. The molecule has 0 saturated carbocycles. The van der Waals surface area contributed by atoms with Gasteiger partial charge in [0.25, 0.3) is 0 Å². The Morgan fingerprint density at radius 1 is 1.07 bits per heavy atom. The van der Waals surface area contributed by atoms with E-state index in [1.165, 1.54) is 42.5 Å². The first-order chi connectivity index (χ1) is 12.8. The maximum atomic E-state index is 14.1. The third-order valence-corrected chi connectivity index (χ3v) is 5.66. The minimum Gasteiger partial charge on any atom is -0.331 e. The van der Waals surface area contributed by atoms with Gasteiger partial charge in [-0.15, -0.1) is 0 Å². The molecule has 2 aromatic heterocycles. The van der Waals surface area contributed by atoms with E-state index in [-0.39, 0.29) is 16.2 Å². The van der Waals surface area contributed by atoms with Crippen molar-refractivity contribution in [2.24, 2.45) is 5.14 Å². The van der Waals surface area contributed by atoms with Gasteiger partial charge in [0, 0.05) is 5.69 Å². The van der Waals surface area contributed by atoms with Gasteiger partial charge in [0.1, 0.15) is 16.3 Å². The first kappa shape index (κ1) is 17.5. The smallest absolute Gasteiger partial charge is 0.238 e. The van der Waals surface area contributed by atoms with E-state index in [1.54, 1.807) is 0 Å². The molecule has 0 aliphatic rings. The van der Waals surface area contributed by atoms with Crippen molar-refractivity contribution >= 4 is 42.5 Å². The highest BCUT2D eigenvalue weighted by atomic mass is 32.2. The summed E-state index contributed by atoms with van der Waals surface area (Å²) in [6.07, 6.45) is 0. The van der Waals surface area contributed by atoms with Gasteiger partial charge in [0.15, 0.2) is 10.8 Å². The Kier molecular flexibility index (Phi) is 4.13. The number of halogens is 2. The molecule has 2 heterocycles. The number of aromatic nitrogens is 3. The highest BCUT2D eigenvalue weighted by molar-refractivity contribution is 7.89. The van der Waals surface area contributed by atoms with E-state index < -0.39 is 21.7 Å². The second-order valence-electron chi connectivity index (χ2n) is 5.56. The molecule has 0 aliphatic heterocycles. The van der Waals surface area contributed by atoms with Crippen LogP contribution in [0.4, 0.5) is 19.6 Å². The molecule has 0 unspecified atom stereocenters. The molecule has 0 spiro atoms. The van der Waals surface area contributed by atoms with Crippen LogP contribution in [0, 0.1) is 11.6 Å². The predicted octanol–water partition coefficient (Wildman–Crippen LogP) is 3.36. The molecule has 4 N–H and O–H groups in total. The number of rotatable bonds is 4. The highest BCUT2D eigenvalue weighted by Crippen LogP contribution is 2.36. The summed E-state index contributed by atoms with van der Waals surface area (Å²) in [5, 5.41) is 15.1. The van der Waals surface area contributed by atoms with Gasteiger partial charge in [-0.3, -0.25) is 5.10 Å². The Morgan fingerprint density at radius 2 is 1.74 bits per heavy atom. The molecule has 0 bridgehead atoms.